The second kappa shape index (κ2) is 25.7. The van der Waals surface area contributed by atoms with E-state index in [-0.39, 0.29) is 47.8 Å². The summed E-state index contributed by atoms with van der Waals surface area (Å²) < 4.78 is 18.0. The van der Waals surface area contributed by atoms with Crippen molar-refractivity contribution in [2.45, 2.75) is 155 Å². The lowest BCUT2D eigenvalue weighted by molar-refractivity contribution is -0.148. The second-order valence-corrected chi connectivity index (χ2v) is 23.0. The fraction of sp³-hybridized carbons (Fsp3) is 0.761. The summed E-state index contributed by atoms with van der Waals surface area (Å²) in [5, 5.41) is 8.87. The van der Waals surface area contributed by atoms with Crippen LogP contribution in [0.5, 0.6) is 0 Å². The molecule has 1 aromatic carbocycles. The average Bonchev–Trinajstić information content (AvgIpc) is 3.69. The second-order valence-electron chi connectivity index (χ2n) is 18.8. The van der Waals surface area contributed by atoms with Crippen LogP contribution in [0.15, 0.2) is 30.3 Å². The standard InChI is InChI=1S/C46H82N6O9Si/c1-16-31(6)40(51(11)45(56)38(29(2)3)49-44(55)39(30(4)5)50(9)10)36(59-12)28-37(53)52-26-20-24-35(52)41(60-13)32(7)43(54)48-33(8)42(34-22-18-17-19-23-34)61-46(57)47-25-21-27-62(14,15)58/h17-19,22-23,29-33,35-36,38-42,58H,16,20-21,24-28H2,1-15H3,(H,47,57)(H,48,54)(H,49,55)/t31-,32+,33+,35-,36+,38-,39-,40-,41-,42+/m0/s1. The van der Waals surface area contributed by atoms with Crippen molar-refractivity contribution in [1.82, 2.24) is 30.7 Å². The van der Waals surface area contributed by atoms with Crippen LogP contribution in [0, 0.1) is 23.7 Å². The minimum atomic E-state index is -2.24. The molecule has 0 saturated carbocycles. The number of nitrogens with one attached hydrogen (secondary N) is 3. The summed E-state index contributed by atoms with van der Waals surface area (Å²) in [7, 11) is 6.29. The summed E-state index contributed by atoms with van der Waals surface area (Å²) in [5.74, 6) is -1.82. The first-order valence-corrected chi connectivity index (χ1v) is 25.8. The van der Waals surface area contributed by atoms with Gasteiger partial charge in [-0.1, -0.05) is 85.2 Å². The highest BCUT2D eigenvalue weighted by atomic mass is 28.4. The molecule has 0 aliphatic carbocycles. The number of alkyl carbamates (subject to hydrolysis) is 1. The van der Waals surface area contributed by atoms with Crippen LogP contribution >= 0.6 is 0 Å². The van der Waals surface area contributed by atoms with Gasteiger partial charge in [-0.15, -0.1) is 0 Å². The Morgan fingerprint density at radius 3 is 2.05 bits per heavy atom. The molecule has 10 atom stereocenters. The maximum absolute atomic E-state index is 14.4. The predicted octanol–water partition coefficient (Wildman–Crippen LogP) is 5.19. The van der Waals surface area contributed by atoms with E-state index in [1.165, 1.54) is 0 Å². The molecule has 0 bridgehead atoms. The zero-order chi connectivity index (χ0) is 47.1. The van der Waals surface area contributed by atoms with Gasteiger partial charge in [-0.05, 0) is 82.7 Å². The maximum atomic E-state index is 14.4. The lowest BCUT2D eigenvalue weighted by Gasteiger charge is -2.41. The summed E-state index contributed by atoms with van der Waals surface area (Å²) in [5.41, 5.74) is 0.715. The van der Waals surface area contributed by atoms with Gasteiger partial charge in [0.15, 0.2) is 8.32 Å². The molecule has 1 fully saturated rings. The lowest BCUT2D eigenvalue weighted by atomic mass is 9.89. The number of rotatable bonds is 25. The Labute approximate surface area is 373 Å². The molecule has 1 heterocycles. The highest BCUT2D eigenvalue weighted by Gasteiger charge is 2.43. The minimum absolute atomic E-state index is 0.000285. The number of nitrogens with zero attached hydrogens (tertiary/aromatic N) is 3. The molecule has 4 N–H and O–H groups in total. The number of carbonyl (C=O) groups is 5. The number of amides is 5. The summed E-state index contributed by atoms with van der Waals surface area (Å²) in [6, 6.07) is 7.19. The molecule has 0 radical (unpaired) electrons. The normalized spacial score (nSPS) is 18.9. The van der Waals surface area contributed by atoms with Gasteiger partial charge in [0.25, 0.3) is 0 Å². The van der Waals surface area contributed by atoms with Gasteiger partial charge in [0.05, 0.1) is 48.7 Å². The van der Waals surface area contributed by atoms with Crippen molar-refractivity contribution < 1.29 is 43.0 Å². The molecule has 1 aliphatic rings. The van der Waals surface area contributed by atoms with E-state index in [2.05, 4.69) is 16.0 Å². The summed E-state index contributed by atoms with van der Waals surface area (Å²) in [6.45, 7) is 20.0. The van der Waals surface area contributed by atoms with Crippen LogP contribution in [-0.2, 0) is 33.4 Å². The van der Waals surface area contributed by atoms with Crippen LogP contribution in [0.1, 0.15) is 99.2 Å². The molecule has 0 aromatic heterocycles. The van der Waals surface area contributed by atoms with Crippen molar-refractivity contribution in [3.63, 3.8) is 0 Å². The monoisotopic (exact) mass is 891 g/mol. The Morgan fingerprint density at radius 2 is 1.53 bits per heavy atom. The number of carbonyl (C=O) groups excluding carboxylic acids is 5. The van der Waals surface area contributed by atoms with Crippen molar-refractivity contribution >= 4 is 38.0 Å². The number of likely N-dealkylation sites (tertiary alicyclic amines) is 1. The third-order valence-corrected chi connectivity index (χ3v) is 13.9. The Balaban J connectivity index is 2.26. The van der Waals surface area contributed by atoms with Crippen LogP contribution in [-0.4, -0.2) is 148 Å². The molecule has 1 saturated heterocycles. The molecular weight excluding hydrogens is 809 g/mol. The van der Waals surface area contributed by atoms with Gasteiger partial charge in [-0.2, -0.15) is 0 Å². The zero-order valence-corrected chi connectivity index (χ0v) is 41.5. The first-order valence-electron chi connectivity index (χ1n) is 22.6. The van der Waals surface area contributed by atoms with Gasteiger partial charge in [-0.25, -0.2) is 4.79 Å². The fourth-order valence-corrected chi connectivity index (χ4v) is 9.85. The van der Waals surface area contributed by atoms with E-state index in [1.54, 1.807) is 44.9 Å². The Bertz CT molecular complexity index is 1550. The van der Waals surface area contributed by atoms with Crippen molar-refractivity contribution in [2.24, 2.45) is 23.7 Å². The molecule has 16 heteroatoms. The summed E-state index contributed by atoms with van der Waals surface area (Å²) >= 11 is 0. The number of hydrogen-bond acceptors (Lipinski definition) is 10. The van der Waals surface area contributed by atoms with Crippen LogP contribution in [0.2, 0.25) is 19.1 Å². The average molecular weight is 891 g/mol. The van der Waals surface area contributed by atoms with E-state index < -0.39 is 68.8 Å². The van der Waals surface area contributed by atoms with Crippen LogP contribution in [0.3, 0.4) is 0 Å². The smallest absolute Gasteiger partial charge is 0.407 e. The van der Waals surface area contributed by atoms with E-state index in [0.29, 0.717) is 37.5 Å². The van der Waals surface area contributed by atoms with E-state index in [4.69, 9.17) is 14.2 Å². The topological polar surface area (TPSA) is 179 Å². The van der Waals surface area contributed by atoms with Crippen molar-refractivity contribution in [2.75, 3.05) is 48.5 Å². The first-order chi connectivity index (χ1) is 29.0. The lowest BCUT2D eigenvalue weighted by Crippen LogP contribution is -2.59. The quantitative estimate of drug-likeness (QED) is 0.0755. The highest BCUT2D eigenvalue weighted by molar-refractivity contribution is 6.69. The van der Waals surface area contributed by atoms with Gasteiger partial charge >= 0.3 is 6.09 Å². The fourth-order valence-electron chi connectivity index (χ4n) is 8.81. The third-order valence-electron chi connectivity index (χ3n) is 12.4. The van der Waals surface area contributed by atoms with Crippen molar-refractivity contribution in [1.29, 1.82) is 0 Å². The van der Waals surface area contributed by atoms with Crippen LogP contribution in [0.4, 0.5) is 4.79 Å². The summed E-state index contributed by atoms with van der Waals surface area (Å²) in [4.78, 5) is 84.6. The van der Waals surface area contributed by atoms with Crippen molar-refractivity contribution in [3.05, 3.63) is 35.9 Å². The Hall–Kier alpha value is -3.57. The molecule has 62 heavy (non-hydrogen) atoms. The van der Waals surface area contributed by atoms with Gasteiger partial charge in [-0.3, -0.25) is 24.1 Å². The van der Waals surface area contributed by atoms with Gasteiger partial charge in [0.1, 0.15) is 12.1 Å². The molecule has 354 valence electrons. The van der Waals surface area contributed by atoms with Crippen molar-refractivity contribution in [3.8, 4) is 0 Å². The number of methoxy groups -OCH3 is 2. The molecule has 0 spiro atoms. The zero-order valence-electron chi connectivity index (χ0n) is 40.5. The van der Waals surface area contributed by atoms with Gasteiger partial charge < -0.3 is 44.8 Å². The summed E-state index contributed by atoms with van der Waals surface area (Å²) in [6.07, 6.45) is -0.00214. The molecule has 2 rings (SSSR count). The molecule has 1 aliphatic heterocycles. The molecule has 5 amide bonds. The molecular formula is C46H82N6O9Si. The maximum Gasteiger partial charge on any atom is 0.407 e. The van der Waals surface area contributed by atoms with Gasteiger partial charge in [0.2, 0.25) is 23.6 Å². The largest absolute Gasteiger partial charge is 0.439 e. The van der Waals surface area contributed by atoms with E-state index in [1.807, 2.05) is 104 Å². The third kappa shape index (κ3) is 15.9. The van der Waals surface area contributed by atoms with E-state index in [0.717, 1.165) is 12.8 Å². The van der Waals surface area contributed by atoms with Crippen LogP contribution < -0.4 is 16.0 Å². The Morgan fingerprint density at radius 1 is 0.903 bits per heavy atom. The minimum Gasteiger partial charge on any atom is -0.439 e. The van der Waals surface area contributed by atoms with Crippen LogP contribution in [0.25, 0.3) is 0 Å². The molecule has 1 aromatic rings. The number of likely N-dealkylation sites (N-methyl/N-ethyl adjacent to an activating group) is 2. The molecule has 0 unspecified atom stereocenters. The highest BCUT2D eigenvalue weighted by Crippen LogP contribution is 2.30. The van der Waals surface area contributed by atoms with E-state index in [9.17, 15) is 28.8 Å². The SMILES string of the molecule is CC[C@H](C)[C@@H]([C@@H](CC(=O)N1CCC[C@H]1[C@@H](OC)[C@@H](C)C(=O)N[C@H](C)[C@@H](OC(=O)NCCC[Si](C)(C)O)c1ccccc1)OC)N(C)C(=O)[C@@H](NC(=O)[C@H](C(C)C)N(C)C)C(C)C. The number of benzene rings is 1. The molecule has 15 nitrogen and oxygen atoms in total. The first kappa shape index (κ1) is 54.6. The number of hydrogen-bond donors (Lipinski definition) is 4. The van der Waals surface area contributed by atoms with Gasteiger partial charge in [0, 0.05) is 34.4 Å². The Kier molecular flexibility index (Phi) is 22.6. The number of ether oxygens (including phenoxy) is 3. The predicted molar refractivity (Wildman–Crippen MR) is 246 cm³/mol. The van der Waals surface area contributed by atoms with E-state index >= 15 is 0 Å².